The molecule has 1 heterocycles. The summed E-state index contributed by atoms with van der Waals surface area (Å²) in [6, 6.07) is 4.69. The zero-order valence-corrected chi connectivity index (χ0v) is 9.71. The third-order valence-electron chi connectivity index (χ3n) is 3.35. The molecule has 0 aromatic heterocycles. The van der Waals surface area contributed by atoms with Gasteiger partial charge in [0.25, 0.3) is 0 Å². The van der Waals surface area contributed by atoms with Crippen LogP contribution in [0.4, 0.5) is 0 Å². The summed E-state index contributed by atoms with van der Waals surface area (Å²) in [4.78, 5) is 2.44. The van der Waals surface area contributed by atoms with Crippen LogP contribution in [0.1, 0.15) is 22.3 Å². The second-order valence-corrected chi connectivity index (χ2v) is 4.52. The molecular weight excluding hydrogens is 184 g/mol. The van der Waals surface area contributed by atoms with Crippen LogP contribution in [0.25, 0.3) is 0 Å². The van der Waals surface area contributed by atoms with Gasteiger partial charge in [-0.3, -0.25) is 4.90 Å². The second-order valence-electron chi connectivity index (χ2n) is 4.52. The first kappa shape index (κ1) is 10.7. The lowest BCUT2D eigenvalue weighted by atomic mass is 9.95. The molecule has 1 aliphatic rings. The summed E-state index contributed by atoms with van der Waals surface area (Å²) in [5.74, 6) is 0. The van der Waals surface area contributed by atoms with Crippen LogP contribution >= 0.6 is 0 Å². The Morgan fingerprint density at radius 2 is 1.87 bits per heavy atom. The van der Waals surface area contributed by atoms with E-state index in [2.05, 4.69) is 30.9 Å². The highest BCUT2D eigenvalue weighted by Crippen LogP contribution is 2.22. The molecule has 82 valence electrons. The normalized spacial score (nSPS) is 16.5. The zero-order chi connectivity index (χ0) is 10.8. The molecule has 2 rings (SSSR count). The third-order valence-corrected chi connectivity index (χ3v) is 3.35. The fraction of sp³-hybridized carbons (Fsp3) is 0.538. The Kier molecular flexibility index (Phi) is 3.08. The maximum Gasteiger partial charge on any atom is 0.0237 e. The van der Waals surface area contributed by atoms with E-state index in [0.717, 1.165) is 26.2 Å². The standard InChI is InChI=1S/C13H20N2/c1-10-7-12-3-5-15(6-4-14)9-13(12)8-11(10)2/h7-8H,3-6,9,14H2,1-2H3. The predicted octanol–water partition coefficient (Wildman–Crippen LogP) is 1.62. The van der Waals surface area contributed by atoms with Crippen molar-refractivity contribution in [3.63, 3.8) is 0 Å². The first-order valence-corrected chi connectivity index (χ1v) is 5.72. The Hall–Kier alpha value is -0.860. The summed E-state index contributed by atoms with van der Waals surface area (Å²) in [6.45, 7) is 8.41. The molecule has 2 heteroatoms. The molecule has 0 aliphatic carbocycles. The molecule has 1 aliphatic heterocycles. The molecule has 0 spiro atoms. The Morgan fingerprint density at radius 3 is 2.53 bits per heavy atom. The second kappa shape index (κ2) is 4.33. The molecule has 0 unspecified atom stereocenters. The molecule has 0 bridgehead atoms. The molecule has 0 saturated carbocycles. The number of aryl methyl sites for hydroxylation is 2. The van der Waals surface area contributed by atoms with Crippen LogP contribution in [-0.4, -0.2) is 24.5 Å². The molecule has 0 radical (unpaired) electrons. The minimum absolute atomic E-state index is 0.764. The number of nitrogens with two attached hydrogens (primary N) is 1. The van der Waals surface area contributed by atoms with E-state index < -0.39 is 0 Å². The Labute approximate surface area is 92.1 Å². The van der Waals surface area contributed by atoms with Crippen LogP contribution < -0.4 is 5.73 Å². The lowest BCUT2D eigenvalue weighted by Gasteiger charge is -2.29. The number of rotatable bonds is 2. The van der Waals surface area contributed by atoms with Crippen molar-refractivity contribution < 1.29 is 0 Å². The minimum Gasteiger partial charge on any atom is -0.329 e. The van der Waals surface area contributed by atoms with E-state index in [1.165, 1.54) is 28.7 Å². The summed E-state index contributed by atoms with van der Waals surface area (Å²) in [5.41, 5.74) is 11.4. The number of nitrogens with zero attached hydrogens (tertiary/aromatic N) is 1. The van der Waals surface area contributed by atoms with Crippen LogP contribution in [0, 0.1) is 13.8 Å². The van der Waals surface area contributed by atoms with Gasteiger partial charge in [0.05, 0.1) is 0 Å². The van der Waals surface area contributed by atoms with E-state index in [9.17, 15) is 0 Å². The van der Waals surface area contributed by atoms with Crippen molar-refractivity contribution in [2.24, 2.45) is 5.73 Å². The van der Waals surface area contributed by atoms with Crippen LogP contribution in [0.5, 0.6) is 0 Å². The van der Waals surface area contributed by atoms with Gasteiger partial charge in [-0.2, -0.15) is 0 Å². The first-order valence-electron chi connectivity index (χ1n) is 5.72. The maximum absolute atomic E-state index is 5.59. The van der Waals surface area contributed by atoms with Crippen molar-refractivity contribution in [1.82, 2.24) is 4.90 Å². The highest BCUT2D eigenvalue weighted by atomic mass is 15.1. The summed E-state index contributed by atoms with van der Waals surface area (Å²) in [7, 11) is 0. The Bertz CT molecular complexity index is 358. The van der Waals surface area contributed by atoms with Crippen LogP contribution in [0.2, 0.25) is 0 Å². The van der Waals surface area contributed by atoms with Gasteiger partial charge >= 0.3 is 0 Å². The third kappa shape index (κ3) is 2.21. The summed E-state index contributed by atoms with van der Waals surface area (Å²) in [5, 5.41) is 0. The number of hydrogen-bond acceptors (Lipinski definition) is 2. The molecule has 0 fully saturated rings. The van der Waals surface area contributed by atoms with Crippen LogP contribution in [0.3, 0.4) is 0 Å². The van der Waals surface area contributed by atoms with E-state index in [-0.39, 0.29) is 0 Å². The molecular formula is C13H20N2. The average Bonchev–Trinajstić information content (AvgIpc) is 2.21. The molecule has 1 aromatic carbocycles. The van der Waals surface area contributed by atoms with Crippen molar-refractivity contribution in [3.8, 4) is 0 Å². The number of hydrogen-bond donors (Lipinski definition) is 1. The molecule has 15 heavy (non-hydrogen) atoms. The van der Waals surface area contributed by atoms with E-state index in [1.807, 2.05) is 0 Å². The van der Waals surface area contributed by atoms with Gasteiger partial charge in [-0.15, -0.1) is 0 Å². The van der Waals surface area contributed by atoms with Crippen LogP contribution in [-0.2, 0) is 13.0 Å². The molecule has 0 atom stereocenters. The minimum atomic E-state index is 0.764. The van der Waals surface area contributed by atoms with Gasteiger partial charge in [0, 0.05) is 26.2 Å². The van der Waals surface area contributed by atoms with Gasteiger partial charge in [-0.1, -0.05) is 12.1 Å². The predicted molar refractivity (Wildman–Crippen MR) is 64.0 cm³/mol. The van der Waals surface area contributed by atoms with E-state index in [4.69, 9.17) is 5.73 Å². The fourth-order valence-electron chi connectivity index (χ4n) is 2.29. The quantitative estimate of drug-likeness (QED) is 0.793. The topological polar surface area (TPSA) is 29.3 Å². The van der Waals surface area contributed by atoms with Gasteiger partial charge in [0.15, 0.2) is 0 Å². The molecule has 0 amide bonds. The van der Waals surface area contributed by atoms with Gasteiger partial charge in [0.1, 0.15) is 0 Å². The van der Waals surface area contributed by atoms with Gasteiger partial charge in [-0.05, 0) is 42.5 Å². The molecule has 0 saturated heterocycles. The largest absolute Gasteiger partial charge is 0.329 e. The lowest BCUT2D eigenvalue weighted by Crippen LogP contribution is -2.34. The SMILES string of the molecule is Cc1cc2c(cc1C)CN(CCN)CC2. The highest BCUT2D eigenvalue weighted by Gasteiger charge is 2.15. The zero-order valence-electron chi connectivity index (χ0n) is 9.71. The van der Waals surface area contributed by atoms with E-state index in [1.54, 1.807) is 0 Å². The summed E-state index contributed by atoms with van der Waals surface area (Å²) < 4.78 is 0. The highest BCUT2D eigenvalue weighted by molar-refractivity contribution is 5.38. The van der Waals surface area contributed by atoms with Crippen molar-refractivity contribution in [2.45, 2.75) is 26.8 Å². The number of benzene rings is 1. The first-order chi connectivity index (χ1) is 7.20. The lowest BCUT2D eigenvalue weighted by molar-refractivity contribution is 0.261. The number of fused-ring (bicyclic) bond motifs is 1. The molecule has 1 aromatic rings. The van der Waals surface area contributed by atoms with Crippen molar-refractivity contribution in [2.75, 3.05) is 19.6 Å². The van der Waals surface area contributed by atoms with Gasteiger partial charge in [0.2, 0.25) is 0 Å². The van der Waals surface area contributed by atoms with Gasteiger partial charge < -0.3 is 5.73 Å². The summed E-state index contributed by atoms with van der Waals surface area (Å²) >= 11 is 0. The van der Waals surface area contributed by atoms with Gasteiger partial charge in [-0.25, -0.2) is 0 Å². The van der Waals surface area contributed by atoms with Crippen molar-refractivity contribution in [1.29, 1.82) is 0 Å². The Morgan fingerprint density at radius 1 is 1.20 bits per heavy atom. The fourth-order valence-corrected chi connectivity index (χ4v) is 2.29. The monoisotopic (exact) mass is 204 g/mol. The maximum atomic E-state index is 5.59. The van der Waals surface area contributed by atoms with Crippen LogP contribution in [0.15, 0.2) is 12.1 Å². The summed E-state index contributed by atoms with van der Waals surface area (Å²) in [6.07, 6.45) is 1.18. The Balaban J connectivity index is 2.22. The van der Waals surface area contributed by atoms with Crippen molar-refractivity contribution >= 4 is 0 Å². The smallest absolute Gasteiger partial charge is 0.0237 e. The average molecular weight is 204 g/mol. The van der Waals surface area contributed by atoms with E-state index in [0.29, 0.717) is 0 Å². The van der Waals surface area contributed by atoms with Crippen molar-refractivity contribution in [3.05, 3.63) is 34.4 Å². The molecule has 2 N–H and O–H groups in total. The van der Waals surface area contributed by atoms with E-state index >= 15 is 0 Å². The molecule has 2 nitrogen and oxygen atoms in total.